The third-order valence-electron chi connectivity index (χ3n) is 5.03. The van der Waals surface area contributed by atoms with Gasteiger partial charge in [0.1, 0.15) is 11.9 Å². The van der Waals surface area contributed by atoms with E-state index in [1.807, 2.05) is 19.3 Å². The Balaban J connectivity index is 1.61. The van der Waals surface area contributed by atoms with Gasteiger partial charge >= 0.3 is 0 Å². The summed E-state index contributed by atoms with van der Waals surface area (Å²) in [6.45, 7) is 6.57. The minimum absolute atomic E-state index is 0.486. The lowest BCUT2D eigenvalue weighted by atomic mass is 9.75. The molecule has 2 fully saturated rings. The number of aliphatic hydroxyl groups is 2. The fraction of sp³-hybridized carbons (Fsp3) is 0.750. The number of aryl methyl sites for hydroxylation is 1. The molecule has 0 radical (unpaired) electrons. The number of nitrogens with zero attached hydrogens (tertiary/aromatic N) is 3. The molecule has 2 saturated heterocycles. The van der Waals surface area contributed by atoms with Crippen molar-refractivity contribution in [2.24, 2.45) is 0 Å². The maximum atomic E-state index is 10.5. The smallest absolute Gasteiger partial charge is 0.125 e. The second-order valence-corrected chi connectivity index (χ2v) is 6.84. The van der Waals surface area contributed by atoms with Gasteiger partial charge in [0.15, 0.2) is 0 Å². The molecule has 0 amide bonds. The third kappa shape index (κ3) is 3.01. The predicted molar refractivity (Wildman–Crippen MR) is 81.2 cm³/mol. The van der Waals surface area contributed by atoms with E-state index in [0.29, 0.717) is 13.0 Å². The standard InChI is InChI=1S/C16H25N3O3/c1-12-17-9-13(10-18-12)11-19-6-3-16(4-7-19)14(20)15(2,21)5-8-22-16/h9-10,14,20-21H,3-8,11H2,1-2H3/t14?,15-/m1/s1. The molecule has 1 unspecified atom stereocenters. The molecule has 1 spiro atoms. The Morgan fingerprint density at radius 1 is 1.27 bits per heavy atom. The van der Waals surface area contributed by atoms with Crippen LogP contribution in [0.2, 0.25) is 0 Å². The molecule has 3 rings (SSSR count). The summed E-state index contributed by atoms with van der Waals surface area (Å²) in [6, 6.07) is 0. The molecule has 1 aromatic rings. The van der Waals surface area contributed by atoms with Crippen LogP contribution in [0.1, 0.15) is 37.6 Å². The Labute approximate surface area is 131 Å². The van der Waals surface area contributed by atoms with Crippen LogP contribution >= 0.6 is 0 Å². The van der Waals surface area contributed by atoms with E-state index >= 15 is 0 Å². The minimum atomic E-state index is -1.05. The van der Waals surface area contributed by atoms with Gasteiger partial charge in [-0.25, -0.2) is 9.97 Å². The van der Waals surface area contributed by atoms with Gasteiger partial charge in [-0.1, -0.05) is 0 Å². The van der Waals surface area contributed by atoms with E-state index in [9.17, 15) is 10.2 Å². The lowest BCUT2D eigenvalue weighted by molar-refractivity contribution is -0.246. The van der Waals surface area contributed by atoms with Crippen molar-refractivity contribution in [1.29, 1.82) is 0 Å². The monoisotopic (exact) mass is 307 g/mol. The van der Waals surface area contributed by atoms with Gasteiger partial charge in [-0.3, -0.25) is 4.90 Å². The topological polar surface area (TPSA) is 78.7 Å². The quantitative estimate of drug-likeness (QED) is 0.835. The number of rotatable bonds is 2. The highest BCUT2D eigenvalue weighted by Gasteiger charge is 2.52. The van der Waals surface area contributed by atoms with Gasteiger partial charge in [-0.2, -0.15) is 0 Å². The Morgan fingerprint density at radius 3 is 2.55 bits per heavy atom. The minimum Gasteiger partial charge on any atom is -0.387 e. The molecule has 2 aliphatic heterocycles. The van der Waals surface area contributed by atoms with Crippen molar-refractivity contribution in [3.8, 4) is 0 Å². The fourth-order valence-corrected chi connectivity index (χ4v) is 3.51. The van der Waals surface area contributed by atoms with Crippen LogP contribution in [0.4, 0.5) is 0 Å². The second-order valence-electron chi connectivity index (χ2n) is 6.84. The van der Waals surface area contributed by atoms with Crippen molar-refractivity contribution in [3.63, 3.8) is 0 Å². The first kappa shape index (κ1) is 15.8. The van der Waals surface area contributed by atoms with Crippen LogP contribution in [-0.2, 0) is 11.3 Å². The van der Waals surface area contributed by atoms with E-state index in [4.69, 9.17) is 4.74 Å². The van der Waals surface area contributed by atoms with Crippen molar-refractivity contribution >= 4 is 0 Å². The van der Waals surface area contributed by atoms with Crippen molar-refractivity contribution in [2.75, 3.05) is 19.7 Å². The first-order valence-corrected chi connectivity index (χ1v) is 7.96. The van der Waals surface area contributed by atoms with Gasteiger partial charge in [0, 0.05) is 44.0 Å². The fourth-order valence-electron chi connectivity index (χ4n) is 3.51. The molecular weight excluding hydrogens is 282 g/mol. The lowest BCUT2D eigenvalue weighted by Crippen LogP contribution is -2.64. The zero-order valence-corrected chi connectivity index (χ0v) is 13.3. The number of ether oxygens (including phenoxy) is 1. The van der Waals surface area contributed by atoms with E-state index in [-0.39, 0.29) is 0 Å². The zero-order valence-electron chi connectivity index (χ0n) is 13.3. The Morgan fingerprint density at radius 2 is 1.91 bits per heavy atom. The highest BCUT2D eigenvalue weighted by atomic mass is 16.5. The van der Waals surface area contributed by atoms with Gasteiger partial charge in [-0.15, -0.1) is 0 Å². The van der Waals surface area contributed by atoms with E-state index in [2.05, 4.69) is 14.9 Å². The molecule has 0 bridgehead atoms. The summed E-state index contributed by atoms with van der Waals surface area (Å²) in [6.07, 6.45) is 4.86. The first-order chi connectivity index (χ1) is 10.4. The van der Waals surface area contributed by atoms with Crippen LogP contribution in [0, 0.1) is 6.92 Å². The lowest BCUT2D eigenvalue weighted by Gasteiger charge is -2.51. The van der Waals surface area contributed by atoms with Crippen LogP contribution in [0.5, 0.6) is 0 Å². The summed E-state index contributed by atoms with van der Waals surface area (Å²) in [7, 11) is 0. The zero-order chi connectivity index (χ0) is 15.8. The van der Waals surface area contributed by atoms with Crippen molar-refractivity contribution in [3.05, 3.63) is 23.8 Å². The Kier molecular flexibility index (Phi) is 4.20. The maximum Gasteiger partial charge on any atom is 0.125 e. The van der Waals surface area contributed by atoms with Crippen LogP contribution in [0.3, 0.4) is 0 Å². The summed E-state index contributed by atoms with van der Waals surface area (Å²) >= 11 is 0. The molecule has 122 valence electrons. The van der Waals surface area contributed by atoms with E-state index in [0.717, 1.165) is 43.9 Å². The average molecular weight is 307 g/mol. The summed E-state index contributed by atoms with van der Waals surface area (Å²) in [5.74, 6) is 0.780. The highest BCUT2D eigenvalue weighted by Crippen LogP contribution is 2.39. The number of likely N-dealkylation sites (tertiary alicyclic amines) is 1. The summed E-state index contributed by atoms with van der Waals surface area (Å²) in [5, 5.41) is 20.8. The number of piperidine rings is 1. The Hall–Kier alpha value is -1.08. The molecule has 0 saturated carbocycles. The number of hydrogen-bond donors (Lipinski definition) is 2. The summed E-state index contributed by atoms with van der Waals surface area (Å²) in [4.78, 5) is 10.8. The van der Waals surface area contributed by atoms with Crippen molar-refractivity contribution in [1.82, 2.24) is 14.9 Å². The third-order valence-corrected chi connectivity index (χ3v) is 5.03. The van der Waals surface area contributed by atoms with Crippen LogP contribution in [0.25, 0.3) is 0 Å². The molecule has 0 aromatic carbocycles. The normalized spacial score (nSPS) is 32.3. The van der Waals surface area contributed by atoms with Gasteiger partial charge < -0.3 is 14.9 Å². The molecule has 2 atom stereocenters. The van der Waals surface area contributed by atoms with Crippen LogP contribution in [-0.4, -0.2) is 62.1 Å². The van der Waals surface area contributed by atoms with Crippen LogP contribution in [0.15, 0.2) is 12.4 Å². The van der Waals surface area contributed by atoms with Gasteiger partial charge in [0.2, 0.25) is 0 Å². The van der Waals surface area contributed by atoms with E-state index < -0.39 is 17.3 Å². The largest absolute Gasteiger partial charge is 0.387 e. The number of hydrogen-bond acceptors (Lipinski definition) is 6. The molecule has 2 aliphatic rings. The average Bonchev–Trinajstić information content (AvgIpc) is 2.49. The number of aromatic nitrogens is 2. The van der Waals surface area contributed by atoms with E-state index in [1.54, 1.807) is 6.92 Å². The molecular formula is C16H25N3O3. The molecule has 22 heavy (non-hydrogen) atoms. The predicted octanol–water partition coefficient (Wildman–Crippen LogP) is 0.652. The van der Waals surface area contributed by atoms with Crippen molar-refractivity contribution in [2.45, 2.75) is 57.0 Å². The second kappa shape index (κ2) is 5.85. The molecule has 6 heteroatoms. The molecule has 3 heterocycles. The first-order valence-electron chi connectivity index (χ1n) is 7.96. The van der Waals surface area contributed by atoms with E-state index in [1.165, 1.54) is 0 Å². The highest BCUT2D eigenvalue weighted by molar-refractivity contribution is 5.07. The van der Waals surface area contributed by atoms with Gasteiger partial charge in [0.25, 0.3) is 0 Å². The molecule has 6 nitrogen and oxygen atoms in total. The Bertz CT molecular complexity index is 510. The van der Waals surface area contributed by atoms with Crippen molar-refractivity contribution < 1.29 is 14.9 Å². The van der Waals surface area contributed by atoms with Gasteiger partial charge in [-0.05, 0) is 26.7 Å². The van der Waals surface area contributed by atoms with Crippen LogP contribution < -0.4 is 0 Å². The molecule has 2 N–H and O–H groups in total. The SMILES string of the molecule is Cc1ncc(CN2CCC3(CC2)OCC[C@@](C)(O)C3O)cn1. The maximum absolute atomic E-state index is 10.5. The summed E-state index contributed by atoms with van der Waals surface area (Å²) in [5.41, 5.74) is -0.550. The summed E-state index contributed by atoms with van der Waals surface area (Å²) < 4.78 is 5.91. The molecule has 1 aromatic heterocycles. The number of aliphatic hydroxyl groups excluding tert-OH is 1. The molecule has 0 aliphatic carbocycles. The van der Waals surface area contributed by atoms with Gasteiger partial charge in [0.05, 0.1) is 17.8 Å².